The summed E-state index contributed by atoms with van der Waals surface area (Å²) >= 11 is 0. The van der Waals surface area contributed by atoms with E-state index in [0.29, 0.717) is 26.2 Å². The Bertz CT molecular complexity index is 683. The van der Waals surface area contributed by atoms with Gasteiger partial charge in [0.1, 0.15) is 6.61 Å². The van der Waals surface area contributed by atoms with Crippen LogP contribution in [0.15, 0.2) is 24.3 Å². The zero-order valence-electron chi connectivity index (χ0n) is 16.4. The molecule has 0 spiro atoms. The predicted molar refractivity (Wildman–Crippen MR) is 101 cm³/mol. The topological polar surface area (TPSA) is 49.9 Å². The molecule has 0 radical (unpaired) electrons. The average molecular weight is 358 g/mol. The van der Waals surface area contributed by atoms with E-state index in [1.165, 1.54) is 12.7 Å². The van der Waals surface area contributed by atoms with Crippen LogP contribution in [0.25, 0.3) is 0 Å². The van der Waals surface area contributed by atoms with Gasteiger partial charge in [0.15, 0.2) is 0 Å². The van der Waals surface area contributed by atoms with Crippen LogP contribution in [0.1, 0.15) is 37.8 Å². The summed E-state index contributed by atoms with van der Waals surface area (Å²) in [5.74, 6) is 0.217. The normalized spacial score (nSPS) is 24.9. The number of aryl methyl sites for hydroxylation is 1. The SMILES string of the molecule is COCC(=O)N1CCCN(C(=O)[C@@]2(c3ccc(C)cc3)CC2(C)C)CC1. The van der Waals surface area contributed by atoms with Gasteiger partial charge in [-0.15, -0.1) is 0 Å². The van der Waals surface area contributed by atoms with Crippen molar-refractivity contribution in [3.8, 4) is 0 Å². The van der Waals surface area contributed by atoms with E-state index in [9.17, 15) is 9.59 Å². The van der Waals surface area contributed by atoms with Crippen LogP contribution in [-0.2, 0) is 19.7 Å². The van der Waals surface area contributed by atoms with Crippen LogP contribution in [0.2, 0.25) is 0 Å². The van der Waals surface area contributed by atoms with Crippen LogP contribution in [0, 0.1) is 12.3 Å². The van der Waals surface area contributed by atoms with Crippen molar-refractivity contribution in [3.63, 3.8) is 0 Å². The van der Waals surface area contributed by atoms with Gasteiger partial charge < -0.3 is 14.5 Å². The summed E-state index contributed by atoms with van der Waals surface area (Å²) in [5.41, 5.74) is 1.87. The van der Waals surface area contributed by atoms with Crippen molar-refractivity contribution < 1.29 is 14.3 Å². The molecule has 3 rings (SSSR count). The van der Waals surface area contributed by atoms with Crippen molar-refractivity contribution >= 4 is 11.8 Å². The van der Waals surface area contributed by atoms with Crippen LogP contribution < -0.4 is 0 Å². The van der Waals surface area contributed by atoms with Gasteiger partial charge in [0.2, 0.25) is 11.8 Å². The highest BCUT2D eigenvalue weighted by molar-refractivity contribution is 5.93. The molecule has 1 aromatic rings. The van der Waals surface area contributed by atoms with Crippen molar-refractivity contribution in [3.05, 3.63) is 35.4 Å². The lowest BCUT2D eigenvalue weighted by atomic mass is 9.86. The lowest BCUT2D eigenvalue weighted by molar-refractivity contribution is -0.137. The van der Waals surface area contributed by atoms with Gasteiger partial charge in [0.05, 0.1) is 5.41 Å². The number of rotatable bonds is 4. The summed E-state index contributed by atoms with van der Waals surface area (Å²) in [4.78, 5) is 29.4. The number of amides is 2. The fraction of sp³-hybridized carbons (Fsp3) is 0.619. The molecule has 0 unspecified atom stereocenters. The number of hydrogen-bond donors (Lipinski definition) is 0. The molecule has 5 heteroatoms. The van der Waals surface area contributed by atoms with Crippen molar-refractivity contribution in [1.82, 2.24) is 9.80 Å². The van der Waals surface area contributed by atoms with Gasteiger partial charge in [0.25, 0.3) is 0 Å². The standard InChI is InChI=1S/C21H30N2O3/c1-16-6-8-17(9-7-16)21(15-20(21,2)3)19(25)23-11-5-10-22(12-13-23)18(24)14-26-4/h6-9H,5,10-15H2,1-4H3/t21-/m0/s1. The first kappa shape index (κ1) is 18.9. The summed E-state index contributed by atoms with van der Waals surface area (Å²) in [7, 11) is 1.53. The molecule has 2 amide bonds. The van der Waals surface area contributed by atoms with Crippen molar-refractivity contribution in [2.45, 2.75) is 39.0 Å². The quantitative estimate of drug-likeness (QED) is 0.830. The molecule has 1 aliphatic heterocycles. The predicted octanol–water partition coefficient (Wildman–Crippen LogP) is 2.37. The summed E-state index contributed by atoms with van der Waals surface area (Å²) in [6, 6.07) is 8.39. The maximum atomic E-state index is 13.5. The third kappa shape index (κ3) is 3.25. The third-order valence-corrected chi connectivity index (χ3v) is 6.05. The first-order chi connectivity index (χ1) is 12.3. The first-order valence-electron chi connectivity index (χ1n) is 9.45. The molecule has 1 aromatic carbocycles. The molecular weight excluding hydrogens is 328 g/mol. The van der Waals surface area contributed by atoms with Crippen molar-refractivity contribution in [2.24, 2.45) is 5.41 Å². The molecule has 1 aliphatic carbocycles. The monoisotopic (exact) mass is 358 g/mol. The Morgan fingerprint density at radius 1 is 1.04 bits per heavy atom. The highest BCUT2D eigenvalue weighted by Crippen LogP contribution is 2.65. The number of carbonyl (C=O) groups excluding carboxylic acids is 2. The van der Waals surface area contributed by atoms with Gasteiger partial charge in [-0.3, -0.25) is 9.59 Å². The zero-order valence-corrected chi connectivity index (χ0v) is 16.4. The minimum absolute atomic E-state index is 0.00167. The molecule has 1 heterocycles. The molecule has 1 saturated carbocycles. The van der Waals surface area contributed by atoms with E-state index in [1.54, 1.807) is 0 Å². The zero-order chi connectivity index (χ0) is 18.9. The van der Waals surface area contributed by atoms with Crippen LogP contribution >= 0.6 is 0 Å². The van der Waals surface area contributed by atoms with Crippen LogP contribution in [-0.4, -0.2) is 61.5 Å². The Labute approximate surface area is 156 Å². The maximum Gasteiger partial charge on any atom is 0.248 e. The molecule has 2 aliphatic rings. The lowest BCUT2D eigenvalue weighted by Crippen LogP contribution is -2.44. The largest absolute Gasteiger partial charge is 0.375 e. The molecule has 26 heavy (non-hydrogen) atoms. The Kier molecular flexibility index (Phi) is 5.11. The highest BCUT2D eigenvalue weighted by Gasteiger charge is 2.67. The summed E-state index contributed by atoms with van der Waals surface area (Å²) < 4.78 is 4.96. The summed E-state index contributed by atoms with van der Waals surface area (Å²) in [6.45, 7) is 9.10. The third-order valence-electron chi connectivity index (χ3n) is 6.05. The van der Waals surface area contributed by atoms with Gasteiger partial charge in [-0.2, -0.15) is 0 Å². The average Bonchev–Trinajstić information content (AvgIpc) is 3.27. The number of benzene rings is 1. The molecule has 5 nitrogen and oxygen atoms in total. The van der Waals surface area contributed by atoms with Crippen molar-refractivity contribution in [2.75, 3.05) is 39.9 Å². The number of ether oxygens (including phenoxy) is 1. The molecule has 2 fully saturated rings. The number of nitrogens with zero attached hydrogens (tertiary/aromatic N) is 2. The summed E-state index contributed by atoms with van der Waals surface area (Å²) in [5, 5.41) is 0. The lowest BCUT2D eigenvalue weighted by Gasteiger charge is -2.29. The van der Waals surface area contributed by atoms with E-state index in [0.717, 1.165) is 18.4 Å². The Morgan fingerprint density at radius 3 is 2.19 bits per heavy atom. The Balaban J connectivity index is 1.77. The van der Waals surface area contributed by atoms with Crippen molar-refractivity contribution in [1.29, 1.82) is 0 Å². The minimum atomic E-state index is -0.424. The summed E-state index contributed by atoms with van der Waals surface area (Å²) in [6.07, 6.45) is 1.69. The van der Waals surface area contributed by atoms with Gasteiger partial charge in [-0.1, -0.05) is 43.7 Å². The second-order valence-electron chi connectivity index (χ2n) is 8.29. The van der Waals surface area contributed by atoms with Gasteiger partial charge >= 0.3 is 0 Å². The van der Waals surface area contributed by atoms with E-state index < -0.39 is 5.41 Å². The van der Waals surface area contributed by atoms with Crippen LogP contribution in [0.5, 0.6) is 0 Å². The molecule has 0 N–H and O–H groups in total. The fourth-order valence-electron chi connectivity index (χ4n) is 4.29. The first-order valence-corrected chi connectivity index (χ1v) is 9.45. The number of carbonyl (C=O) groups is 2. The maximum absolute atomic E-state index is 13.5. The van der Waals surface area contributed by atoms with Gasteiger partial charge in [-0.05, 0) is 30.7 Å². The van der Waals surface area contributed by atoms with E-state index in [4.69, 9.17) is 4.74 Å². The second kappa shape index (κ2) is 7.03. The molecular formula is C21H30N2O3. The van der Waals surface area contributed by atoms with E-state index in [1.807, 2.05) is 9.80 Å². The minimum Gasteiger partial charge on any atom is -0.375 e. The smallest absolute Gasteiger partial charge is 0.248 e. The molecule has 0 bridgehead atoms. The number of methoxy groups -OCH3 is 1. The Hall–Kier alpha value is -1.88. The van der Waals surface area contributed by atoms with E-state index in [2.05, 4.69) is 45.0 Å². The molecule has 1 saturated heterocycles. The second-order valence-corrected chi connectivity index (χ2v) is 8.29. The van der Waals surface area contributed by atoms with E-state index in [-0.39, 0.29) is 23.8 Å². The fourth-order valence-corrected chi connectivity index (χ4v) is 4.29. The van der Waals surface area contributed by atoms with Crippen LogP contribution in [0.3, 0.4) is 0 Å². The van der Waals surface area contributed by atoms with E-state index >= 15 is 0 Å². The Morgan fingerprint density at radius 2 is 1.62 bits per heavy atom. The van der Waals surface area contributed by atoms with Crippen LogP contribution in [0.4, 0.5) is 0 Å². The van der Waals surface area contributed by atoms with Gasteiger partial charge in [0, 0.05) is 33.3 Å². The molecule has 1 atom stereocenters. The van der Waals surface area contributed by atoms with Gasteiger partial charge in [-0.25, -0.2) is 0 Å². The number of hydrogen-bond acceptors (Lipinski definition) is 3. The highest BCUT2D eigenvalue weighted by atomic mass is 16.5. The molecule has 0 aromatic heterocycles. The molecule has 142 valence electrons.